The Morgan fingerprint density at radius 1 is 1.35 bits per heavy atom. The molecular weight excluding hydrogens is 210 g/mol. The monoisotopic (exact) mass is 235 g/mol. The van der Waals surface area contributed by atoms with Crippen molar-refractivity contribution in [3.63, 3.8) is 0 Å². The fourth-order valence-electron chi connectivity index (χ4n) is 2.03. The molecule has 0 fully saturated rings. The first-order valence-corrected chi connectivity index (χ1v) is 6.55. The molecule has 0 saturated heterocycles. The predicted molar refractivity (Wildman–Crippen MR) is 74.5 cm³/mol. The summed E-state index contributed by atoms with van der Waals surface area (Å²) in [6, 6.07) is 2.20. The maximum Gasteiger partial charge on any atom is 0.131 e. The third-order valence-corrected chi connectivity index (χ3v) is 3.00. The van der Waals surface area contributed by atoms with E-state index in [1.807, 2.05) is 6.20 Å². The van der Waals surface area contributed by atoms with Gasteiger partial charge in [0, 0.05) is 19.8 Å². The summed E-state index contributed by atoms with van der Waals surface area (Å²) in [5.41, 5.74) is 8.03. The van der Waals surface area contributed by atoms with Crippen molar-refractivity contribution in [2.45, 2.75) is 39.5 Å². The lowest BCUT2D eigenvalue weighted by molar-refractivity contribution is 0.700. The zero-order chi connectivity index (χ0) is 12.7. The van der Waals surface area contributed by atoms with Gasteiger partial charge in [0.25, 0.3) is 0 Å². The predicted octanol–water partition coefficient (Wildman–Crippen LogP) is 2.52. The molecule has 0 atom stereocenters. The topological polar surface area (TPSA) is 42.2 Å². The fraction of sp³-hybridized carbons (Fsp3) is 0.643. The Bertz CT molecular complexity index is 336. The van der Waals surface area contributed by atoms with Crippen LogP contribution in [0.25, 0.3) is 0 Å². The van der Waals surface area contributed by atoms with Crippen molar-refractivity contribution < 1.29 is 0 Å². The number of nitrogens with zero attached hydrogens (tertiary/aromatic N) is 2. The summed E-state index contributed by atoms with van der Waals surface area (Å²) < 4.78 is 0. The first-order chi connectivity index (χ1) is 8.19. The summed E-state index contributed by atoms with van der Waals surface area (Å²) in [5.74, 6) is 1.10. The molecule has 1 aromatic rings. The Hall–Kier alpha value is -1.09. The lowest BCUT2D eigenvalue weighted by Gasteiger charge is -2.20. The highest BCUT2D eigenvalue weighted by molar-refractivity contribution is 5.46. The molecule has 3 nitrogen and oxygen atoms in total. The van der Waals surface area contributed by atoms with E-state index in [0.717, 1.165) is 18.8 Å². The van der Waals surface area contributed by atoms with Crippen molar-refractivity contribution in [2.24, 2.45) is 5.73 Å². The van der Waals surface area contributed by atoms with Gasteiger partial charge in [0.2, 0.25) is 0 Å². The Kier molecular flexibility index (Phi) is 5.98. The molecule has 0 spiro atoms. The van der Waals surface area contributed by atoms with Crippen molar-refractivity contribution in [2.75, 3.05) is 25.0 Å². The van der Waals surface area contributed by atoms with Crippen LogP contribution in [0.1, 0.15) is 37.3 Å². The largest absolute Gasteiger partial charge is 0.359 e. The molecule has 17 heavy (non-hydrogen) atoms. The summed E-state index contributed by atoms with van der Waals surface area (Å²) >= 11 is 0. The summed E-state index contributed by atoms with van der Waals surface area (Å²) in [5, 5.41) is 0. The highest BCUT2D eigenvalue weighted by Gasteiger charge is 2.06. The molecule has 0 radical (unpaired) electrons. The van der Waals surface area contributed by atoms with E-state index in [-0.39, 0.29) is 0 Å². The van der Waals surface area contributed by atoms with E-state index in [0.29, 0.717) is 6.54 Å². The lowest BCUT2D eigenvalue weighted by atomic mass is 10.1. The van der Waals surface area contributed by atoms with Crippen LogP contribution in [0.2, 0.25) is 0 Å². The van der Waals surface area contributed by atoms with Crippen LogP contribution in [0, 0.1) is 6.92 Å². The zero-order valence-corrected chi connectivity index (χ0v) is 11.4. The standard InChI is InChI=1S/C14H25N3/c1-4-5-6-9-17(3)14-12(2)10-13(7-8-15)11-16-14/h10-11H,4-9,15H2,1-3H3. The van der Waals surface area contributed by atoms with Crippen LogP contribution in [0.3, 0.4) is 0 Å². The molecular formula is C14H25N3. The molecule has 0 aliphatic rings. The van der Waals surface area contributed by atoms with E-state index in [9.17, 15) is 0 Å². The van der Waals surface area contributed by atoms with Gasteiger partial charge in [-0.3, -0.25) is 0 Å². The van der Waals surface area contributed by atoms with Gasteiger partial charge in [-0.15, -0.1) is 0 Å². The Balaban J connectivity index is 2.63. The quantitative estimate of drug-likeness (QED) is 0.738. The second-order valence-corrected chi connectivity index (χ2v) is 4.65. The lowest BCUT2D eigenvalue weighted by Crippen LogP contribution is -2.21. The van der Waals surface area contributed by atoms with Crippen LogP contribution in [-0.4, -0.2) is 25.1 Å². The summed E-state index contributed by atoms with van der Waals surface area (Å²) in [6.45, 7) is 6.12. The molecule has 0 aliphatic carbocycles. The molecule has 96 valence electrons. The molecule has 0 amide bonds. The van der Waals surface area contributed by atoms with Crippen molar-refractivity contribution in [3.8, 4) is 0 Å². The van der Waals surface area contributed by atoms with Gasteiger partial charge in [-0.25, -0.2) is 4.98 Å². The van der Waals surface area contributed by atoms with E-state index in [2.05, 4.69) is 36.8 Å². The minimum Gasteiger partial charge on any atom is -0.359 e. The van der Waals surface area contributed by atoms with Crippen LogP contribution in [0.4, 0.5) is 5.82 Å². The Morgan fingerprint density at radius 2 is 2.12 bits per heavy atom. The van der Waals surface area contributed by atoms with Crippen LogP contribution in [0.15, 0.2) is 12.3 Å². The number of hydrogen-bond acceptors (Lipinski definition) is 3. The van der Waals surface area contributed by atoms with E-state index >= 15 is 0 Å². The van der Waals surface area contributed by atoms with E-state index < -0.39 is 0 Å². The first-order valence-electron chi connectivity index (χ1n) is 6.55. The van der Waals surface area contributed by atoms with E-state index in [1.165, 1.54) is 30.4 Å². The highest BCUT2D eigenvalue weighted by atomic mass is 15.2. The van der Waals surface area contributed by atoms with Gasteiger partial charge in [-0.2, -0.15) is 0 Å². The third-order valence-electron chi connectivity index (χ3n) is 3.00. The minimum absolute atomic E-state index is 0.687. The SMILES string of the molecule is CCCCCN(C)c1ncc(CCN)cc1C. The van der Waals surface area contributed by atoms with Crippen molar-refractivity contribution in [3.05, 3.63) is 23.4 Å². The van der Waals surface area contributed by atoms with Gasteiger partial charge in [-0.05, 0) is 37.4 Å². The van der Waals surface area contributed by atoms with Crippen LogP contribution in [-0.2, 0) is 6.42 Å². The maximum atomic E-state index is 5.55. The summed E-state index contributed by atoms with van der Waals surface area (Å²) in [4.78, 5) is 6.79. The van der Waals surface area contributed by atoms with Gasteiger partial charge in [0.1, 0.15) is 5.82 Å². The molecule has 0 unspecified atom stereocenters. The average Bonchev–Trinajstić information content (AvgIpc) is 2.29. The number of pyridine rings is 1. The van der Waals surface area contributed by atoms with Gasteiger partial charge in [0.15, 0.2) is 0 Å². The maximum absolute atomic E-state index is 5.55. The molecule has 2 N–H and O–H groups in total. The second kappa shape index (κ2) is 7.28. The number of aryl methyl sites for hydroxylation is 1. The normalized spacial score (nSPS) is 10.6. The van der Waals surface area contributed by atoms with Gasteiger partial charge < -0.3 is 10.6 Å². The molecule has 1 aromatic heterocycles. The van der Waals surface area contributed by atoms with Crippen molar-refractivity contribution >= 4 is 5.82 Å². The Morgan fingerprint density at radius 3 is 2.71 bits per heavy atom. The van der Waals surface area contributed by atoms with Gasteiger partial charge >= 0.3 is 0 Å². The van der Waals surface area contributed by atoms with Crippen LogP contribution < -0.4 is 10.6 Å². The third kappa shape index (κ3) is 4.35. The van der Waals surface area contributed by atoms with Gasteiger partial charge in [0.05, 0.1) is 0 Å². The van der Waals surface area contributed by atoms with Crippen molar-refractivity contribution in [1.29, 1.82) is 0 Å². The number of anilines is 1. The molecule has 1 rings (SSSR count). The second-order valence-electron chi connectivity index (χ2n) is 4.65. The van der Waals surface area contributed by atoms with Gasteiger partial charge in [-0.1, -0.05) is 25.8 Å². The minimum atomic E-state index is 0.687. The zero-order valence-electron chi connectivity index (χ0n) is 11.4. The molecule has 0 aromatic carbocycles. The van der Waals surface area contributed by atoms with Crippen LogP contribution in [0.5, 0.6) is 0 Å². The highest BCUT2D eigenvalue weighted by Crippen LogP contribution is 2.17. The van der Waals surface area contributed by atoms with E-state index in [4.69, 9.17) is 5.73 Å². The van der Waals surface area contributed by atoms with E-state index in [1.54, 1.807) is 0 Å². The molecule has 0 bridgehead atoms. The molecule has 3 heteroatoms. The number of hydrogen-bond donors (Lipinski definition) is 1. The number of nitrogens with two attached hydrogens (primary N) is 1. The van der Waals surface area contributed by atoms with Crippen LogP contribution >= 0.6 is 0 Å². The number of unbranched alkanes of at least 4 members (excludes halogenated alkanes) is 2. The van der Waals surface area contributed by atoms with Crippen molar-refractivity contribution in [1.82, 2.24) is 4.98 Å². The smallest absolute Gasteiger partial charge is 0.131 e. The molecule has 0 saturated carbocycles. The summed E-state index contributed by atoms with van der Waals surface area (Å²) in [7, 11) is 2.12. The summed E-state index contributed by atoms with van der Waals surface area (Å²) in [6.07, 6.45) is 6.64. The number of rotatable bonds is 7. The number of aromatic nitrogens is 1. The molecule has 0 aliphatic heterocycles. The first kappa shape index (κ1) is 14.0. The average molecular weight is 235 g/mol. The molecule has 1 heterocycles. The Labute approximate surface area is 105 Å². The fourth-order valence-corrected chi connectivity index (χ4v) is 2.03.